The number of aryl methyl sites for hydroxylation is 1. The highest BCUT2D eigenvalue weighted by atomic mass is 16.1. The first kappa shape index (κ1) is 14.7. The van der Waals surface area contributed by atoms with E-state index in [1.165, 1.54) is 23.8 Å². The summed E-state index contributed by atoms with van der Waals surface area (Å²) in [5, 5.41) is 9.95. The monoisotopic (exact) mass is 302 g/mol. The highest BCUT2D eigenvalue weighted by Gasteiger charge is 2.25. The zero-order chi connectivity index (χ0) is 15.9. The second-order valence-corrected chi connectivity index (χ2v) is 6.14. The molecule has 0 unspecified atom stereocenters. The van der Waals surface area contributed by atoms with E-state index in [4.69, 9.17) is 0 Å². The molecule has 7 heteroatoms. The Morgan fingerprint density at radius 1 is 1.32 bits per heavy atom. The smallest absolute Gasteiger partial charge is 0.343 e. The van der Waals surface area contributed by atoms with Crippen LogP contribution in [0.25, 0.3) is 11.6 Å². The van der Waals surface area contributed by atoms with Crippen LogP contribution in [0.4, 0.5) is 5.82 Å². The minimum Gasteiger partial charge on any atom is -0.367 e. The van der Waals surface area contributed by atoms with Crippen LogP contribution in [0, 0.1) is 19.8 Å². The van der Waals surface area contributed by atoms with E-state index in [2.05, 4.69) is 32.4 Å². The van der Waals surface area contributed by atoms with Gasteiger partial charge in [-0.3, -0.25) is 4.57 Å². The zero-order valence-corrected chi connectivity index (χ0v) is 13.5. The molecule has 2 aromatic heterocycles. The molecule has 0 aliphatic heterocycles. The Labute approximate surface area is 129 Å². The minimum absolute atomic E-state index is 0.269. The van der Waals surface area contributed by atoms with E-state index in [9.17, 15) is 4.79 Å². The van der Waals surface area contributed by atoms with Gasteiger partial charge in [-0.1, -0.05) is 6.42 Å². The van der Waals surface area contributed by atoms with Crippen molar-refractivity contribution in [2.45, 2.75) is 46.1 Å². The van der Waals surface area contributed by atoms with Gasteiger partial charge in [0.1, 0.15) is 5.82 Å². The minimum atomic E-state index is -0.269. The van der Waals surface area contributed by atoms with Crippen molar-refractivity contribution in [2.75, 3.05) is 5.32 Å². The molecule has 118 valence electrons. The van der Waals surface area contributed by atoms with Gasteiger partial charge < -0.3 is 5.32 Å². The van der Waals surface area contributed by atoms with Gasteiger partial charge in [-0.15, -0.1) is 5.10 Å². The van der Waals surface area contributed by atoms with Gasteiger partial charge in [0.2, 0.25) is 5.82 Å². The van der Waals surface area contributed by atoms with Gasteiger partial charge in [0.25, 0.3) is 0 Å². The van der Waals surface area contributed by atoms with Crippen LogP contribution in [0.5, 0.6) is 0 Å². The number of anilines is 1. The molecule has 2 N–H and O–H groups in total. The summed E-state index contributed by atoms with van der Waals surface area (Å²) in [4.78, 5) is 20.6. The number of nitrogens with one attached hydrogen (secondary N) is 2. The average molecular weight is 302 g/mol. The summed E-state index contributed by atoms with van der Waals surface area (Å²) in [5.41, 5.74) is 1.66. The Kier molecular flexibility index (Phi) is 3.72. The van der Waals surface area contributed by atoms with Crippen molar-refractivity contribution in [3.8, 4) is 11.6 Å². The van der Waals surface area contributed by atoms with E-state index in [0.717, 1.165) is 17.1 Å². The van der Waals surface area contributed by atoms with Crippen molar-refractivity contribution in [1.29, 1.82) is 0 Å². The molecule has 0 aromatic carbocycles. The fourth-order valence-corrected chi connectivity index (χ4v) is 2.69. The molecule has 22 heavy (non-hydrogen) atoms. The summed E-state index contributed by atoms with van der Waals surface area (Å²) in [6.45, 7) is 6.16. The van der Waals surface area contributed by atoms with E-state index in [1.54, 1.807) is 7.05 Å². The molecule has 0 bridgehead atoms. The van der Waals surface area contributed by atoms with Crippen molar-refractivity contribution < 1.29 is 0 Å². The van der Waals surface area contributed by atoms with Crippen LogP contribution in [-0.4, -0.2) is 30.8 Å². The van der Waals surface area contributed by atoms with Gasteiger partial charge in [-0.25, -0.2) is 19.9 Å². The average Bonchev–Trinajstić information content (AvgIpc) is 2.73. The van der Waals surface area contributed by atoms with Crippen LogP contribution in [0.3, 0.4) is 0 Å². The number of rotatable bonds is 4. The summed E-state index contributed by atoms with van der Waals surface area (Å²) < 4.78 is 1.42. The third-order valence-electron chi connectivity index (χ3n) is 4.69. The summed E-state index contributed by atoms with van der Waals surface area (Å²) in [5.74, 6) is 2.46. The second-order valence-electron chi connectivity index (χ2n) is 6.14. The van der Waals surface area contributed by atoms with Gasteiger partial charge in [0.05, 0.1) is 0 Å². The van der Waals surface area contributed by atoms with Crippen LogP contribution < -0.4 is 11.0 Å². The SMILES string of the molecule is Cc1nc(-c2n[nH]c(=O)n2C)nc(N[C@H](C)C2CCC2)c1C. The third kappa shape index (κ3) is 2.51. The standard InChI is InChI=1S/C15H22N6O/c1-8-9(2)16-13(14-19-20-15(22)21(14)4)18-12(8)17-10(3)11-6-5-7-11/h10-11H,5-7H2,1-4H3,(H,20,22)(H,16,17,18)/t10-/m1/s1. The summed E-state index contributed by atoms with van der Waals surface area (Å²) in [7, 11) is 1.66. The van der Waals surface area contributed by atoms with E-state index in [1.807, 2.05) is 13.8 Å². The normalized spacial score (nSPS) is 16.4. The molecule has 1 atom stereocenters. The van der Waals surface area contributed by atoms with Crippen LogP contribution >= 0.6 is 0 Å². The molecule has 0 spiro atoms. The number of aromatic amines is 1. The van der Waals surface area contributed by atoms with Crippen molar-refractivity contribution in [2.24, 2.45) is 13.0 Å². The summed E-state index contributed by atoms with van der Waals surface area (Å²) in [6.07, 6.45) is 3.87. The van der Waals surface area contributed by atoms with E-state index in [-0.39, 0.29) is 5.69 Å². The quantitative estimate of drug-likeness (QED) is 0.898. The molecule has 1 fully saturated rings. The lowest BCUT2D eigenvalue weighted by Gasteiger charge is -2.32. The summed E-state index contributed by atoms with van der Waals surface area (Å²) in [6, 6.07) is 0.387. The van der Waals surface area contributed by atoms with Gasteiger partial charge in [0, 0.05) is 24.3 Å². The molecule has 1 aliphatic rings. The first-order valence-electron chi connectivity index (χ1n) is 7.71. The lowest BCUT2D eigenvalue weighted by atomic mass is 9.80. The molecule has 1 saturated carbocycles. The molecule has 2 aromatic rings. The molecule has 1 aliphatic carbocycles. The Balaban J connectivity index is 1.96. The molecule has 0 amide bonds. The maximum Gasteiger partial charge on any atom is 0.343 e. The molecule has 0 saturated heterocycles. The number of hydrogen-bond acceptors (Lipinski definition) is 5. The number of hydrogen-bond donors (Lipinski definition) is 2. The molecular weight excluding hydrogens is 280 g/mol. The van der Waals surface area contributed by atoms with Crippen molar-refractivity contribution in [1.82, 2.24) is 24.7 Å². The summed E-state index contributed by atoms with van der Waals surface area (Å²) >= 11 is 0. The van der Waals surface area contributed by atoms with Crippen molar-refractivity contribution >= 4 is 5.82 Å². The van der Waals surface area contributed by atoms with E-state index >= 15 is 0 Å². The van der Waals surface area contributed by atoms with Gasteiger partial charge in [-0.2, -0.15) is 0 Å². The van der Waals surface area contributed by atoms with Crippen LogP contribution in [0.15, 0.2) is 4.79 Å². The number of aromatic nitrogens is 5. The predicted octanol–water partition coefficient (Wildman–Crippen LogP) is 1.78. The lowest BCUT2D eigenvalue weighted by Crippen LogP contribution is -2.31. The van der Waals surface area contributed by atoms with Gasteiger partial charge in [-0.05, 0) is 39.5 Å². The Morgan fingerprint density at radius 3 is 2.59 bits per heavy atom. The first-order chi connectivity index (χ1) is 10.5. The molecule has 7 nitrogen and oxygen atoms in total. The maximum atomic E-state index is 11.5. The number of H-pyrrole nitrogens is 1. The van der Waals surface area contributed by atoms with Crippen molar-refractivity contribution in [3.05, 3.63) is 21.7 Å². The highest BCUT2D eigenvalue weighted by molar-refractivity contribution is 5.54. The Hall–Kier alpha value is -2.18. The molecule has 3 rings (SSSR count). The van der Waals surface area contributed by atoms with Crippen molar-refractivity contribution in [3.63, 3.8) is 0 Å². The van der Waals surface area contributed by atoms with E-state index < -0.39 is 0 Å². The van der Waals surface area contributed by atoms with Crippen LogP contribution in [-0.2, 0) is 7.05 Å². The van der Waals surface area contributed by atoms with Crippen LogP contribution in [0.2, 0.25) is 0 Å². The van der Waals surface area contributed by atoms with Crippen LogP contribution in [0.1, 0.15) is 37.4 Å². The lowest BCUT2D eigenvalue weighted by molar-refractivity contribution is 0.285. The fourth-order valence-electron chi connectivity index (χ4n) is 2.69. The highest BCUT2D eigenvalue weighted by Crippen LogP contribution is 2.31. The third-order valence-corrected chi connectivity index (χ3v) is 4.69. The van der Waals surface area contributed by atoms with Gasteiger partial charge >= 0.3 is 5.69 Å². The maximum absolute atomic E-state index is 11.5. The zero-order valence-electron chi connectivity index (χ0n) is 13.5. The predicted molar refractivity (Wildman–Crippen MR) is 84.8 cm³/mol. The Morgan fingerprint density at radius 2 is 2.05 bits per heavy atom. The topological polar surface area (TPSA) is 88.5 Å². The number of nitrogens with zero attached hydrogens (tertiary/aromatic N) is 4. The van der Waals surface area contributed by atoms with E-state index in [0.29, 0.717) is 23.6 Å². The van der Waals surface area contributed by atoms with Gasteiger partial charge in [0.15, 0.2) is 5.82 Å². The first-order valence-corrected chi connectivity index (χ1v) is 7.71. The Bertz CT molecular complexity index is 743. The largest absolute Gasteiger partial charge is 0.367 e. The molecule has 0 radical (unpaired) electrons. The molecular formula is C15H22N6O. The molecule has 2 heterocycles. The fraction of sp³-hybridized carbons (Fsp3) is 0.600. The second kappa shape index (κ2) is 5.55.